The van der Waals surface area contributed by atoms with E-state index in [1.807, 2.05) is 24.3 Å². The molecule has 0 radical (unpaired) electrons. The summed E-state index contributed by atoms with van der Waals surface area (Å²) in [6, 6.07) is 52.8. The first kappa shape index (κ1) is 24.7. The maximum Gasteiger partial charge on any atom is 0.135 e. The highest BCUT2D eigenvalue weighted by atomic mass is 16.3. The Morgan fingerprint density at radius 1 is 0.364 bits per heavy atom. The Labute approximate surface area is 254 Å². The largest absolute Gasteiger partial charge is 0.508 e. The Morgan fingerprint density at radius 2 is 0.909 bits per heavy atom. The topological polar surface area (TPSA) is 33.4 Å². The first-order valence-electron chi connectivity index (χ1n) is 14.9. The molecule has 0 atom stereocenters. The van der Waals surface area contributed by atoms with E-state index in [4.69, 9.17) is 4.42 Å². The van der Waals surface area contributed by atoms with Crippen molar-refractivity contribution in [2.45, 2.75) is 0 Å². The minimum atomic E-state index is 0.250. The summed E-state index contributed by atoms with van der Waals surface area (Å²) in [7, 11) is 0. The maximum absolute atomic E-state index is 11.1. The molecule has 0 bridgehead atoms. The van der Waals surface area contributed by atoms with Crippen molar-refractivity contribution in [3.05, 3.63) is 152 Å². The predicted octanol–water partition coefficient (Wildman–Crippen LogP) is 11.8. The van der Waals surface area contributed by atoms with Crippen LogP contribution < -0.4 is 0 Å². The van der Waals surface area contributed by atoms with Crippen LogP contribution in [0, 0.1) is 0 Å². The Balaban J connectivity index is 1.34. The van der Waals surface area contributed by atoms with Gasteiger partial charge in [0.05, 0.1) is 0 Å². The molecule has 1 aromatic heterocycles. The van der Waals surface area contributed by atoms with E-state index >= 15 is 0 Å². The van der Waals surface area contributed by atoms with E-state index in [-0.39, 0.29) is 5.75 Å². The van der Waals surface area contributed by atoms with Gasteiger partial charge < -0.3 is 9.52 Å². The van der Waals surface area contributed by atoms with E-state index in [0.717, 1.165) is 60.5 Å². The summed E-state index contributed by atoms with van der Waals surface area (Å²) in [6.07, 6.45) is 0. The molecule has 0 amide bonds. The van der Waals surface area contributed by atoms with Crippen molar-refractivity contribution in [1.29, 1.82) is 0 Å². The molecule has 8 aromatic carbocycles. The van der Waals surface area contributed by atoms with E-state index in [9.17, 15) is 5.11 Å². The van der Waals surface area contributed by atoms with Gasteiger partial charge in [-0.25, -0.2) is 0 Å². The summed E-state index contributed by atoms with van der Waals surface area (Å²) in [5.74, 6) is 0.250. The number of rotatable bonds is 3. The number of hydrogen-bond acceptors (Lipinski definition) is 2. The number of benzene rings is 8. The van der Waals surface area contributed by atoms with E-state index < -0.39 is 0 Å². The van der Waals surface area contributed by atoms with Crippen LogP contribution >= 0.6 is 0 Å². The fourth-order valence-electron chi connectivity index (χ4n) is 7.02. The van der Waals surface area contributed by atoms with Crippen LogP contribution in [0.1, 0.15) is 0 Å². The van der Waals surface area contributed by atoms with Crippen molar-refractivity contribution in [2.75, 3.05) is 0 Å². The maximum atomic E-state index is 11.1. The Morgan fingerprint density at radius 3 is 1.64 bits per heavy atom. The van der Waals surface area contributed by atoms with Crippen molar-refractivity contribution in [3.63, 3.8) is 0 Å². The van der Waals surface area contributed by atoms with Crippen LogP contribution in [0.15, 0.2) is 156 Å². The van der Waals surface area contributed by atoms with Crippen LogP contribution in [0.25, 0.3) is 87.6 Å². The molecule has 0 aliphatic heterocycles. The minimum Gasteiger partial charge on any atom is -0.508 e. The Kier molecular flexibility index (Phi) is 5.38. The minimum absolute atomic E-state index is 0.250. The van der Waals surface area contributed by atoms with Gasteiger partial charge in [-0.2, -0.15) is 0 Å². The van der Waals surface area contributed by atoms with E-state index in [1.54, 1.807) is 0 Å². The quantitative estimate of drug-likeness (QED) is 0.217. The van der Waals surface area contributed by atoms with Gasteiger partial charge in [0.1, 0.15) is 16.9 Å². The summed E-state index contributed by atoms with van der Waals surface area (Å²) in [6.45, 7) is 0. The highest BCUT2D eigenvalue weighted by molar-refractivity contribution is 6.22. The average molecular weight is 563 g/mol. The first-order chi connectivity index (χ1) is 21.7. The lowest BCUT2D eigenvalue weighted by Crippen LogP contribution is -1.91. The normalized spacial score (nSPS) is 11.7. The third kappa shape index (κ3) is 3.75. The second-order valence-electron chi connectivity index (χ2n) is 11.4. The Bertz CT molecular complexity index is 2510. The highest BCUT2D eigenvalue weighted by Crippen LogP contribution is 2.46. The number of para-hydroxylation sites is 1. The van der Waals surface area contributed by atoms with Crippen molar-refractivity contribution >= 4 is 54.3 Å². The third-order valence-corrected chi connectivity index (χ3v) is 8.90. The zero-order valence-electron chi connectivity index (χ0n) is 23.8. The molecule has 206 valence electrons. The van der Waals surface area contributed by atoms with Crippen molar-refractivity contribution in [1.82, 2.24) is 0 Å². The van der Waals surface area contributed by atoms with Crippen molar-refractivity contribution < 1.29 is 9.52 Å². The van der Waals surface area contributed by atoms with Crippen LogP contribution in [-0.2, 0) is 0 Å². The van der Waals surface area contributed by atoms with Crippen LogP contribution in [0.5, 0.6) is 5.75 Å². The highest BCUT2D eigenvalue weighted by Gasteiger charge is 2.19. The van der Waals surface area contributed by atoms with Gasteiger partial charge in [-0.1, -0.05) is 115 Å². The zero-order valence-corrected chi connectivity index (χ0v) is 23.8. The average Bonchev–Trinajstić information content (AvgIpc) is 3.44. The monoisotopic (exact) mass is 562 g/mol. The molecule has 9 aromatic rings. The fourth-order valence-corrected chi connectivity index (χ4v) is 7.02. The van der Waals surface area contributed by atoms with Gasteiger partial charge in [0.2, 0.25) is 0 Å². The summed E-state index contributed by atoms with van der Waals surface area (Å²) in [5, 5.41) is 20.3. The molecule has 0 spiro atoms. The summed E-state index contributed by atoms with van der Waals surface area (Å²) in [5.41, 5.74) is 8.33. The molecule has 0 saturated heterocycles. The molecule has 2 heteroatoms. The SMILES string of the molecule is Oc1cc(-c2cccc3ccccc23)cc(-c2c3ccccc3c(-c3ccc4oc5ccccc5c4c3)c3ccccc23)c1. The lowest BCUT2D eigenvalue weighted by atomic mass is 9.85. The number of fused-ring (bicyclic) bond motifs is 6. The van der Waals surface area contributed by atoms with Gasteiger partial charge in [-0.05, 0) is 102 Å². The number of furan rings is 1. The van der Waals surface area contributed by atoms with Gasteiger partial charge in [0.25, 0.3) is 0 Å². The smallest absolute Gasteiger partial charge is 0.135 e. The van der Waals surface area contributed by atoms with Crippen LogP contribution in [0.2, 0.25) is 0 Å². The first-order valence-corrected chi connectivity index (χ1v) is 14.9. The molecule has 1 heterocycles. The van der Waals surface area contributed by atoms with Crippen LogP contribution in [0.3, 0.4) is 0 Å². The molecule has 2 nitrogen and oxygen atoms in total. The molecule has 1 N–H and O–H groups in total. The molecule has 0 unspecified atom stereocenters. The molecule has 44 heavy (non-hydrogen) atoms. The summed E-state index contributed by atoms with van der Waals surface area (Å²) >= 11 is 0. The van der Waals surface area contributed by atoms with Gasteiger partial charge in [0, 0.05) is 10.8 Å². The molecular weight excluding hydrogens is 536 g/mol. The molecular formula is C42H26O2. The van der Waals surface area contributed by atoms with Crippen molar-refractivity contribution in [3.8, 4) is 39.1 Å². The standard InChI is InChI=1S/C42H26O2/c43-30-23-28(32-18-9-11-26-10-1-2-12-31(26)32)22-29(24-30)42-36-16-5-3-14-34(36)41(35-15-4-6-17-37(35)42)27-20-21-40-38(25-27)33-13-7-8-19-39(33)44-40/h1-25,43H. The second-order valence-corrected chi connectivity index (χ2v) is 11.4. The number of aromatic hydroxyl groups is 1. The molecule has 9 rings (SSSR count). The summed E-state index contributed by atoms with van der Waals surface area (Å²) in [4.78, 5) is 0. The lowest BCUT2D eigenvalue weighted by Gasteiger charge is -2.18. The number of hydrogen-bond donors (Lipinski definition) is 1. The van der Waals surface area contributed by atoms with E-state index in [0.29, 0.717) is 0 Å². The van der Waals surface area contributed by atoms with Gasteiger partial charge in [0.15, 0.2) is 0 Å². The molecule has 0 aliphatic carbocycles. The molecule has 0 fully saturated rings. The number of phenolic OH excluding ortho intramolecular Hbond substituents is 1. The summed E-state index contributed by atoms with van der Waals surface area (Å²) < 4.78 is 6.16. The van der Waals surface area contributed by atoms with Crippen LogP contribution in [-0.4, -0.2) is 5.11 Å². The number of phenols is 1. The zero-order chi connectivity index (χ0) is 29.2. The predicted molar refractivity (Wildman–Crippen MR) is 184 cm³/mol. The Hall–Kier alpha value is -5.86. The second kappa shape index (κ2) is 9.58. The van der Waals surface area contributed by atoms with Gasteiger partial charge >= 0.3 is 0 Å². The van der Waals surface area contributed by atoms with Gasteiger partial charge in [-0.3, -0.25) is 0 Å². The van der Waals surface area contributed by atoms with Gasteiger partial charge in [-0.15, -0.1) is 0 Å². The third-order valence-electron chi connectivity index (χ3n) is 8.90. The van der Waals surface area contributed by atoms with Crippen molar-refractivity contribution in [2.24, 2.45) is 0 Å². The van der Waals surface area contributed by atoms with Crippen LogP contribution in [0.4, 0.5) is 0 Å². The fraction of sp³-hybridized carbons (Fsp3) is 0. The molecule has 0 saturated carbocycles. The lowest BCUT2D eigenvalue weighted by molar-refractivity contribution is 0.476. The van der Waals surface area contributed by atoms with E-state index in [2.05, 4.69) is 127 Å². The molecule has 0 aliphatic rings. The van der Waals surface area contributed by atoms with E-state index in [1.165, 1.54) is 27.1 Å².